The molecule has 1 fully saturated rings. The fourth-order valence-corrected chi connectivity index (χ4v) is 4.19. The maximum absolute atomic E-state index is 15.0. The molecule has 2 heterocycles. The highest BCUT2D eigenvalue weighted by atomic mass is 35.5. The van der Waals surface area contributed by atoms with Crippen molar-refractivity contribution in [2.24, 2.45) is 5.92 Å². The van der Waals surface area contributed by atoms with Crippen molar-refractivity contribution in [2.45, 2.75) is 18.9 Å². The largest absolute Gasteiger partial charge is 0.497 e. The number of halogens is 5. The number of benzene rings is 2. The number of carbonyl (C=O) groups is 2. The Morgan fingerprint density at radius 1 is 1.22 bits per heavy atom. The first kappa shape index (κ1) is 25.4. The van der Waals surface area contributed by atoms with Crippen LogP contribution in [0, 0.1) is 17.6 Å². The number of ether oxygens (including phenoxy) is 1. The van der Waals surface area contributed by atoms with E-state index in [1.807, 2.05) is 0 Å². The van der Waals surface area contributed by atoms with E-state index in [-0.39, 0.29) is 35.9 Å². The van der Waals surface area contributed by atoms with E-state index in [0.717, 1.165) is 28.0 Å². The fraction of sp³-hybridized carbons (Fsp3) is 0.304. The van der Waals surface area contributed by atoms with Gasteiger partial charge in [0.25, 0.3) is 18.3 Å². The molecule has 1 N–H and O–H groups in total. The molecule has 0 radical (unpaired) electrons. The monoisotopic (exact) mass is 525 g/mol. The summed E-state index contributed by atoms with van der Waals surface area (Å²) in [5, 5.41) is 6.93. The Morgan fingerprint density at radius 3 is 2.50 bits per heavy atom. The predicted octanol–water partition coefficient (Wildman–Crippen LogP) is 3.66. The molecule has 1 aliphatic heterocycles. The average Bonchev–Trinajstić information content (AvgIpc) is 3.41. The quantitative estimate of drug-likeness (QED) is 0.453. The molecule has 36 heavy (non-hydrogen) atoms. The van der Waals surface area contributed by atoms with Gasteiger partial charge in [0, 0.05) is 47.3 Å². The highest BCUT2D eigenvalue weighted by Crippen LogP contribution is 2.38. The number of nitrogens with one attached hydrogen (secondary N) is 1. The molecule has 13 heteroatoms. The van der Waals surface area contributed by atoms with E-state index in [2.05, 4.69) is 15.4 Å². The van der Waals surface area contributed by atoms with Crippen molar-refractivity contribution in [1.29, 1.82) is 0 Å². The van der Waals surface area contributed by atoms with Crippen LogP contribution in [0.1, 0.15) is 21.8 Å². The maximum Gasteiger partial charge on any atom is 0.257 e. The normalized spacial score (nSPS) is 17.6. The van der Waals surface area contributed by atoms with Crippen LogP contribution < -0.4 is 15.0 Å². The summed E-state index contributed by atoms with van der Waals surface area (Å²) in [6.45, 7) is -1.23. The van der Waals surface area contributed by atoms with Crippen LogP contribution in [0.4, 0.5) is 23.5 Å². The van der Waals surface area contributed by atoms with E-state index >= 15 is 0 Å². The molecule has 1 saturated heterocycles. The summed E-state index contributed by atoms with van der Waals surface area (Å²) >= 11 is 5.84. The van der Waals surface area contributed by atoms with E-state index in [9.17, 15) is 27.2 Å². The van der Waals surface area contributed by atoms with Gasteiger partial charge in [0.05, 0.1) is 13.0 Å². The number of alkyl halides is 2. The number of methoxy groups -OCH3 is 1. The van der Waals surface area contributed by atoms with Gasteiger partial charge in [-0.3, -0.25) is 14.5 Å². The van der Waals surface area contributed by atoms with Crippen LogP contribution in [0.2, 0.25) is 5.02 Å². The standard InChI is InChI=1S/C23H20ClF4N5O3/c1-36-14-6-17(25)20(18(26)7-14)16-9-33(23-30-11-32(31-23)10-19(27)28)22(35)15(16)8-29-21(34)12-2-4-13(24)5-3-12/h2-7,11,15-16,19H,8-10H2,1H3,(H,29,34)/t15?,16-/m1/s1. The number of anilines is 1. The summed E-state index contributed by atoms with van der Waals surface area (Å²) in [5.74, 6) is -5.39. The van der Waals surface area contributed by atoms with Crippen LogP contribution in [0.5, 0.6) is 5.75 Å². The Bertz CT molecular complexity index is 1250. The smallest absolute Gasteiger partial charge is 0.257 e. The van der Waals surface area contributed by atoms with Crippen LogP contribution in [-0.2, 0) is 11.3 Å². The average molecular weight is 526 g/mol. The zero-order valence-electron chi connectivity index (χ0n) is 18.8. The van der Waals surface area contributed by atoms with Crippen molar-refractivity contribution < 1.29 is 31.9 Å². The van der Waals surface area contributed by atoms with Gasteiger partial charge in [-0.1, -0.05) is 11.6 Å². The Morgan fingerprint density at radius 2 is 1.89 bits per heavy atom. The molecule has 8 nitrogen and oxygen atoms in total. The zero-order chi connectivity index (χ0) is 26.0. The topological polar surface area (TPSA) is 89.3 Å². The van der Waals surface area contributed by atoms with Gasteiger partial charge in [-0.25, -0.2) is 27.2 Å². The highest BCUT2D eigenvalue weighted by Gasteiger charge is 2.45. The van der Waals surface area contributed by atoms with Crippen LogP contribution >= 0.6 is 11.6 Å². The maximum atomic E-state index is 15.0. The lowest BCUT2D eigenvalue weighted by molar-refractivity contribution is -0.120. The van der Waals surface area contributed by atoms with Crippen molar-refractivity contribution in [3.63, 3.8) is 0 Å². The van der Waals surface area contributed by atoms with Crippen LogP contribution in [-0.4, -0.2) is 53.2 Å². The van der Waals surface area contributed by atoms with Gasteiger partial charge in [-0.05, 0) is 24.3 Å². The van der Waals surface area contributed by atoms with E-state index in [1.54, 1.807) is 0 Å². The molecule has 2 aromatic carbocycles. The molecule has 2 atom stereocenters. The lowest BCUT2D eigenvalue weighted by Crippen LogP contribution is -2.36. The van der Waals surface area contributed by atoms with Gasteiger partial charge in [0.2, 0.25) is 5.91 Å². The molecule has 2 amide bonds. The molecule has 0 spiro atoms. The second kappa shape index (κ2) is 10.5. The molecule has 190 valence electrons. The van der Waals surface area contributed by atoms with E-state index in [0.29, 0.717) is 5.02 Å². The number of carbonyl (C=O) groups excluding carboxylic acids is 2. The zero-order valence-corrected chi connectivity index (χ0v) is 19.6. The van der Waals surface area contributed by atoms with Crippen LogP contribution in [0.3, 0.4) is 0 Å². The first-order chi connectivity index (χ1) is 17.2. The van der Waals surface area contributed by atoms with Crippen LogP contribution in [0.15, 0.2) is 42.7 Å². The molecule has 0 aliphatic carbocycles. The molecule has 0 saturated carbocycles. The molecular formula is C23H20ClF4N5O3. The van der Waals surface area contributed by atoms with Gasteiger partial charge >= 0.3 is 0 Å². The molecule has 4 rings (SSSR count). The number of aromatic nitrogens is 3. The van der Waals surface area contributed by atoms with Gasteiger partial charge < -0.3 is 10.1 Å². The molecular weight excluding hydrogens is 506 g/mol. The molecule has 0 bridgehead atoms. The Hall–Kier alpha value is -3.67. The van der Waals surface area contributed by atoms with Crippen molar-refractivity contribution in [1.82, 2.24) is 20.1 Å². The molecule has 1 aliphatic rings. The third-order valence-electron chi connectivity index (χ3n) is 5.79. The number of hydrogen-bond donors (Lipinski definition) is 1. The summed E-state index contributed by atoms with van der Waals surface area (Å²) in [7, 11) is 1.26. The van der Waals surface area contributed by atoms with Gasteiger partial charge in [0.15, 0.2) is 0 Å². The minimum Gasteiger partial charge on any atom is -0.497 e. The van der Waals surface area contributed by atoms with Crippen LogP contribution in [0.25, 0.3) is 0 Å². The minimum absolute atomic E-state index is 0.0464. The summed E-state index contributed by atoms with van der Waals surface area (Å²) in [6.07, 6.45) is -1.66. The summed E-state index contributed by atoms with van der Waals surface area (Å²) in [6, 6.07) is 7.99. The molecule has 3 aromatic rings. The third-order valence-corrected chi connectivity index (χ3v) is 6.04. The SMILES string of the molecule is COc1cc(F)c([C@@H]2CN(c3ncn(CC(F)F)n3)C(=O)C2CNC(=O)c2ccc(Cl)cc2)c(F)c1. The summed E-state index contributed by atoms with van der Waals surface area (Å²) in [5.41, 5.74) is -0.100. The summed E-state index contributed by atoms with van der Waals surface area (Å²) in [4.78, 5) is 30.9. The third kappa shape index (κ3) is 5.27. The predicted molar refractivity (Wildman–Crippen MR) is 121 cm³/mol. The minimum atomic E-state index is -2.69. The van der Waals surface area contributed by atoms with Crippen molar-refractivity contribution in [3.05, 3.63) is 70.5 Å². The van der Waals surface area contributed by atoms with Crippen molar-refractivity contribution >= 4 is 29.4 Å². The Kier molecular flexibility index (Phi) is 7.43. The van der Waals surface area contributed by atoms with Gasteiger partial charge in [-0.2, -0.15) is 0 Å². The highest BCUT2D eigenvalue weighted by molar-refractivity contribution is 6.30. The molecule has 1 aromatic heterocycles. The van der Waals surface area contributed by atoms with E-state index in [4.69, 9.17) is 16.3 Å². The number of rotatable bonds is 8. The van der Waals surface area contributed by atoms with Crippen molar-refractivity contribution in [3.8, 4) is 5.75 Å². The fourth-order valence-electron chi connectivity index (χ4n) is 4.07. The lowest BCUT2D eigenvalue weighted by Gasteiger charge is -2.19. The second-order valence-electron chi connectivity index (χ2n) is 8.04. The Balaban J connectivity index is 1.63. The second-order valence-corrected chi connectivity index (χ2v) is 8.48. The summed E-state index contributed by atoms with van der Waals surface area (Å²) < 4.78 is 61.1. The Labute approximate surface area is 207 Å². The number of amides is 2. The number of nitrogens with zero attached hydrogens (tertiary/aromatic N) is 4. The first-order valence-corrected chi connectivity index (χ1v) is 11.1. The lowest BCUT2D eigenvalue weighted by atomic mass is 9.87. The van der Waals surface area contributed by atoms with Gasteiger partial charge in [-0.15, -0.1) is 5.10 Å². The first-order valence-electron chi connectivity index (χ1n) is 10.7. The van der Waals surface area contributed by atoms with E-state index < -0.39 is 48.3 Å². The van der Waals surface area contributed by atoms with Gasteiger partial charge in [0.1, 0.15) is 30.3 Å². The number of hydrogen-bond acceptors (Lipinski definition) is 5. The molecule has 1 unspecified atom stereocenters. The van der Waals surface area contributed by atoms with Crippen molar-refractivity contribution in [2.75, 3.05) is 25.1 Å². The van der Waals surface area contributed by atoms with E-state index in [1.165, 1.54) is 31.4 Å².